The van der Waals surface area contributed by atoms with Crippen LogP contribution in [0.4, 0.5) is 0 Å². The van der Waals surface area contributed by atoms with E-state index in [1.54, 1.807) is 7.11 Å². The number of fused-ring (bicyclic) bond motifs is 1. The van der Waals surface area contributed by atoms with Gasteiger partial charge in [-0.1, -0.05) is 18.2 Å². The zero-order valence-electron chi connectivity index (χ0n) is 11.5. The van der Waals surface area contributed by atoms with Crippen LogP contribution in [0.25, 0.3) is 10.9 Å². The first-order valence-electron chi connectivity index (χ1n) is 7.02. The Hall–Kier alpha value is -1.39. The lowest BCUT2D eigenvalue weighted by molar-refractivity contribution is 0.120. The Morgan fingerprint density at radius 1 is 1.26 bits per heavy atom. The fourth-order valence-electron chi connectivity index (χ4n) is 2.89. The molecule has 3 rings (SSSR count). The Labute approximate surface area is 114 Å². The van der Waals surface area contributed by atoms with Crippen LogP contribution in [0.2, 0.25) is 0 Å². The summed E-state index contributed by atoms with van der Waals surface area (Å²) in [5, 5.41) is 5.82. The highest BCUT2D eigenvalue weighted by Crippen LogP contribution is 2.25. The number of hydrogen-bond acceptors (Lipinski definition) is 3. The van der Waals surface area contributed by atoms with Gasteiger partial charge in [0.1, 0.15) is 0 Å². The smallest absolute Gasteiger partial charge is 0.0685 e. The van der Waals surface area contributed by atoms with Crippen molar-refractivity contribution in [2.45, 2.75) is 18.9 Å². The van der Waals surface area contributed by atoms with Crippen LogP contribution in [-0.2, 0) is 4.74 Å². The summed E-state index contributed by atoms with van der Waals surface area (Å²) >= 11 is 0. The van der Waals surface area contributed by atoms with E-state index in [1.165, 1.54) is 23.7 Å². The standard InChI is InChI=1S/C15H21N3O/c1-19-11-10-17-8-6-14(7-9-17)18-15-5-3-2-4-13(15)12-16-18/h2-5,12,14H,6-11H2,1H3. The van der Waals surface area contributed by atoms with Gasteiger partial charge in [-0.2, -0.15) is 5.10 Å². The molecule has 0 amide bonds. The summed E-state index contributed by atoms with van der Waals surface area (Å²) in [7, 11) is 1.77. The second-order valence-electron chi connectivity index (χ2n) is 5.21. The van der Waals surface area contributed by atoms with E-state index in [-0.39, 0.29) is 0 Å². The molecule has 1 aromatic carbocycles. The van der Waals surface area contributed by atoms with E-state index < -0.39 is 0 Å². The number of piperidine rings is 1. The van der Waals surface area contributed by atoms with Gasteiger partial charge >= 0.3 is 0 Å². The summed E-state index contributed by atoms with van der Waals surface area (Å²) in [6.07, 6.45) is 4.33. The highest BCUT2D eigenvalue weighted by molar-refractivity contribution is 5.78. The topological polar surface area (TPSA) is 30.3 Å². The Morgan fingerprint density at radius 2 is 2.05 bits per heavy atom. The zero-order valence-corrected chi connectivity index (χ0v) is 11.5. The van der Waals surface area contributed by atoms with Crippen molar-refractivity contribution < 1.29 is 4.74 Å². The highest BCUT2D eigenvalue weighted by atomic mass is 16.5. The zero-order chi connectivity index (χ0) is 13.1. The van der Waals surface area contributed by atoms with Gasteiger partial charge in [0.05, 0.1) is 24.4 Å². The van der Waals surface area contributed by atoms with Crippen LogP contribution < -0.4 is 0 Å². The maximum Gasteiger partial charge on any atom is 0.0685 e. The number of nitrogens with zero attached hydrogens (tertiary/aromatic N) is 3. The molecule has 1 aliphatic heterocycles. The number of methoxy groups -OCH3 is 1. The molecule has 19 heavy (non-hydrogen) atoms. The molecule has 0 radical (unpaired) electrons. The minimum atomic E-state index is 0.540. The molecule has 1 saturated heterocycles. The minimum Gasteiger partial charge on any atom is -0.383 e. The van der Waals surface area contributed by atoms with Crippen molar-refractivity contribution in [2.75, 3.05) is 33.4 Å². The van der Waals surface area contributed by atoms with Crippen molar-refractivity contribution in [3.8, 4) is 0 Å². The Balaban J connectivity index is 1.68. The third-order valence-corrected chi connectivity index (χ3v) is 4.02. The van der Waals surface area contributed by atoms with Crippen molar-refractivity contribution in [2.24, 2.45) is 0 Å². The van der Waals surface area contributed by atoms with Crippen molar-refractivity contribution in [1.29, 1.82) is 0 Å². The Morgan fingerprint density at radius 3 is 2.84 bits per heavy atom. The molecule has 1 aliphatic rings. The summed E-state index contributed by atoms with van der Waals surface area (Å²) < 4.78 is 7.35. The molecule has 2 aromatic rings. The number of rotatable bonds is 4. The lowest BCUT2D eigenvalue weighted by Crippen LogP contribution is -2.36. The minimum absolute atomic E-state index is 0.540. The largest absolute Gasteiger partial charge is 0.383 e. The maximum absolute atomic E-state index is 5.14. The van der Waals surface area contributed by atoms with Crippen LogP contribution in [0.3, 0.4) is 0 Å². The summed E-state index contributed by atoms with van der Waals surface area (Å²) in [5.74, 6) is 0. The quantitative estimate of drug-likeness (QED) is 0.844. The predicted molar refractivity (Wildman–Crippen MR) is 76.3 cm³/mol. The molecule has 0 N–H and O–H groups in total. The molecule has 2 heterocycles. The van der Waals surface area contributed by atoms with Crippen LogP contribution in [0.5, 0.6) is 0 Å². The van der Waals surface area contributed by atoms with Gasteiger partial charge in [-0.25, -0.2) is 0 Å². The van der Waals surface area contributed by atoms with Crippen LogP contribution in [-0.4, -0.2) is 48.0 Å². The van der Waals surface area contributed by atoms with Crippen molar-refractivity contribution in [1.82, 2.24) is 14.7 Å². The second-order valence-corrected chi connectivity index (χ2v) is 5.21. The van der Waals surface area contributed by atoms with E-state index in [0.29, 0.717) is 6.04 Å². The summed E-state index contributed by atoms with van der Waals surface area (Å²) in [5.41, 5.74) is 1.26. The molecule has 1 fully saturated rings. The van der Waals surface area contributed by atoms with Gasteiger partial charge in [0, 0.05) is 32.1 Å². The molecular weight excluding hydrogens is 238 g/mol. The van der Waals surface area contributed by atoms with Crippen LogP contribution in [0.15, 0.2) is 30.5 Å². The number of aromatic nitrogens is 2. The number of likely N-dealkylation sites (tertiary alicyclic amines) is 1. The molecule has 0 bridgehead atoms. The first-order valence-corrected chi connectivity index (χ1v) is 7.02. The van der Waals surface area contributed by atoms with Gasteiger partial charge in [0.2, 0.25) is 0 Å². The van der Waals surface area contributed by atoms with Crippen molar-refractivity contribution >= 4 is 10.9 Å². The third-order valence-electron chi connectivity index (χ3n) is 4.02. The fraction of sp³-hybridized carbons (Fsp3) is 0.533. The maximum atomic E-state index is 5.14. The number of ether oxygens (including phenoxy) is 1. The third kappa shape index (κ3) is 2.65. The lowest BCUT2D eigenvalue weighted by Gasteiger charge is -2.32. The van der Waals surface area contributed by atoms with Crippen molar-refractivity contribution in [3.63, 3.8) is 0 Å². The molecule has 0 spiro atoms. The summed E-state index contributed by atoms with van der Waals surface area (Å²) in [6, 6.07) is 9.00. The van der Waals surface area contributed by atoms with Gasteiger partial charge in [-0.3, -0.25) is 4.68 Å². The van der Waals surface area contributed by atoms with Crippen LogP contribution >= 0.6 is 0 Å². The van der Waals surface area contributed by atoms with Gasteiger partial charge in [-0.15, -0.1) is 0 Å². The van der Waals surface area contributed by atoms with Gasteiger partial charge in [0.25, 0.3) is 0 Å². The lowest BCUT2D eigenvalue weighted by atomic mass is 10.1. The molecular formula is C15H21N3O. The first kappa shape index (κ1) is 12.6. The van der Waals surface area contributed by atoms with Crippen molar-refractivity contribution in [3.05, 3.63) is 30.5 Å². The second kappa shape index (κ2) is 5.72. The van der Waals surface area contributed by atoms with E-state index >= 15 is 0 Å². The normalized spacial score (nSPS) is 18.2. The SMILES string of the molecule is COCCN1CCC(n2ncc3ccccc32)CC1. The van der Waals surface area contributed by atoms with E-state index in [4.69, 9.17) is 4.74 Å². The number of benzene rings is 1. The summed E-state index contributed by atoms with van der Waals surface area (Å²) in [4.78, 5) is 2.48. The molecule has 4 heteroatoms. The van der Waals surface area contributed by atoms with E-state index in [9.17, 15) is 0 Å². The van der Waals surface area contributed by atoms with Crippen LogP contribution in [0, 0.1) is 0 Å². The van der Waals surface area contributed by atoms with Gasteiger partial charge in [-0.05, 0) is 18.9 Å². The first-order chi connectivity index (χ1) is 9.38. The Kier molecular flexibility index (Phi) is 3.80. The average Bonchev–Trinajstić information content (AvgIpc) is 2.90. The van der Waals surface area contributed by atoms with E-state index in [1.807, 2.05) is 6.20 Å². The van der Waals surface area contributed by atoms with E-state index in [2.05, 4.69) is 38.9 Å². The highest BCUT2D eigenvalue weighted by Gasteiger charge is 2.21. The molecule has 0 atom stereocenters. The van der Waals surface area contributed by atoms with E-state index in [0.717, 1.165) is 26.2 Å². The molecule has 0 unspecified atom stereocenters. The molecule has 0 aliphatic carbocycles. The predicted octanol–water partition coefficient (Wildman–Crippen LogP) is 2.32. The molecule has 1 aromatic heterocycles. The van der Waals surface area contributed by atoms with Crippen LogP contribution in [0.1, 0.15) is 18.9 Å². The molecule has 4 nitrogen and oxygen atoms in total. The van der Waals surface area contributed by atoms with Gasteiger partial charge in [0.15, 0.2) is 0 Å². The Bertz CT molecular complexity index is 529. The molecule has 102 valence electrons. The molecule has 0 saturated carbocycles. The number of para-hydroxylation sites is 1. The fourth-order valence-corrected chi connectivity index (χ4v) is 2.89. The van der Waals surface area contributed by atoms with Gasteiger partial charge < -0.3 is 9.64 Å². The number of hydrogen-bond donors (Lipinski definition) is 0. The monoisotopic (exact) mass is 259 g/mol. The summed E-state index contributed by atoms with van der Waals surface area (Å²) in [6.45, 7) is 4.16. The average molecular weight is 259 g/mol.